The van der Waals surface area contributed by atoms with Crippen LogP contribution in [-0.4, -0.2) is 93.7 Å². The minimum absolute atomic E-state index is 0.0199. The number of aliphatic carboxylic acids is 2. The number of benzene rings is 3. The fourth-order valence-electron chi connectivity index (χ4n) is 5.87. The number of nitrogens with zero attached hydrogens (tertiary/aromatic N) is 5. The molecular weight excluding hydrogens is 749 g/mol. The van der Waals surface area contributed by atoms with E-state index in [1.807, 2.05) is 40.8 Å². The van der Waals surface area contributed by atoms with Crippen molar-refractivity contribution in [2.45, 2.75) is 13.2 Å². The zero-order valence-corrected chi connectivity index (χ0v) is 31.8. The summed E-state index contributed by atoms with van der Waals surface area (Å²) in [7, 11) is 5.27. The highest BCUT2D eigenvalue weighted by atomic mass is 35.5. The van der Waals surface area contributed by atoms with Gasteiger partial charge in [-0.3, -0.25) is 14.5 Å². The molecule has 1 fully saturated rings. The van der Waals surface area contributed by atoms with Crippen LogP contribution in [0, 0.1) is 0 Å². The van der Waals surface area contributed by atoms with Crippen LogP contribution in [0.5, 0.6) is 11.6 Å². The highest BCUT2D eigenvalue weighted by Gasteiger charge is 2.25. The van der Waals surface area contributed by atoms with E-state index in [-0.39, 0.29) is 11.8 Å². The van der Waals surface area contributed by atoms with Crippen molar-refractivity contribution in [3.63, 3.8) is 0 Å². The zero-order valence-electron chi connectivity index (χ0n) is 30.3. The number of fused-ring (bicyclic) bond motifs is 1. The van der Waals surface area contributed by atoms with Gasteiger partial charge in [0, 0.05) is 88.6 Å². The third kappa shape index (κ3) is 10.7. The molecule has 0 bridgehead atoms. The third-order valence-electron chi connectivity index (χ3n) is 8.80. The minimum atomic E-state index is -1.26. The van der Waals surface area contributed by atoms with Crippen molar-refractivity contribution >= 4 is 63.5 Å². The van der Waals surface area contributed by atoms with E-state index in [1.54, 1.807) is 50.7 Å². The number of hydrogen-bond donors (Lipinski definition) is 2. The molecule has 55 heavy (non-hydrogen) atoms. The molecule has 15 heteroatoms. The van der Waals surface area contributed by atoms with E-state index in [1.165, 1.54) is 10.5 Å². The topological polar surface area (TPSA) is 155 Å². The van der Waals surface area contributed by atoms with Gasteiger partial charge in [-0.05, 0) is 59.7 Å². The van der Waals surface area contributed by atoms with Crippen LogP contribution in [0.3, 0.4) is 0 Å². The fraction of sp³-hybridized carbons (Fsp3) is 0.225. The van der Waals surface area contributed by atoms with Gasteiger partial charge in [0.25, 0.3) is 11.8 Å². The molecule has 2 aromatic heterocycles. The Balaban J connectivity index is 0.000000654. The zero-order chi connectivity index (χ0) is 39.6. The molecule has 0 radical (unpaired) electrons. The molecule has 0 aliphatic carbocycles. The Kier molecular flexibility index (Phi) is 13.6. The van der Waals surface area contributed by atoms with Gasteiger partial charge in [0.1, 0.15) is 11.4 Å². The van der Waals surface area contributed by atoms with E-state index in [0.717, 1.165) is 36.1 Å². The summed E-state index contributed by atoms with van der Waals surface area (Å²) in [4.78, 5) is 55.8. The fourth-order valence-corrected chi connectivity index (χ4v) is 6.17. The normalized spacial score (nSPS) is 13.0. The van der Waals surface area contributed by atoms with Crippen LogP contribution in [0.25, 0.3) is 10.9 Å². The van der Waals surface area contributed by atoms with Crippen LogP contribution in [0.15, 0.2) is 97.2 Å². The number of carbonyl (C=O) groups is 4. The summed E-state index contributed by atoms with van der Waals surface area (Å²) < 4.78 is 13.2. The van der Waals surface area contributed by atoms with Gasteiger partial charge in [0.15, 0.2) is 0 Å². The number of aryl methyl sites for hydroxylation is 1. The van der Waals surface area contributed by atoms with Crippen molar-refractivity contribution in [3.8, 4) is 11.6 Å². The van der Waals surface area contributed by atoms with Crippen molar-refractivity contribution in [1.82, 2.24) is 19.4 Å². The quantitative estimate of drug-likeness (QED) is 0.137. The number of hydrogen-bond acceptors (Lipinski definition) is 8. The molecule has 3 heterocycles. The number of aromatic nitrogens is 2. The van der Waals surface area contributed by atoms with Gasteiger partial charge in [-0.25, -0.2) is 14.6 Å². The van der Waals surface area contributed by atoms with Crippen molar-refractivity contribution in [2.24, 2.45) is 7.05 Å². The Hall–Kier alpha value is -5.73. The first-order valence-corrected chi connectivity index (χ1v) is 17.8. The first-order chi connectivity index (χ1) is 26.3. The lowest BCUT2D eigenvalue weighted by atomic mass is 10.1. The van der Waals surface area contributed by atoms with E-state index in [0.29, 0.717) is 70.5 Å². The molecule has 3 aromatic carbocycles. The van der Waals surface area contributed by atoms with E-state index in [4.69, 9.17) is 42.9 Å². The molecule has 286 valence electrons. The molecule has 5 aromatic rings. The molecule has 0 atom stereocenters. The molecule has 1 saturated heterocycles. The molecule has 1 aliphatic rings. The number of carboxylic acid groups (broad SMARTS) is 2. The largest absolute Gasteiger partial charge is 0.478 e. The summed E-state index contributed by atoms with van der Waals surface area (Å²) in [5.74, 6) is -1.78. The highest BCUT2D eigenvalue weighted by Crippen LogP contribution is 2.29. The van der Waals surface area contributed by atoms with Gasteiger partial charge in [-0.2, -0.15) is 0 Å². The maximum atomic E-state index is 13.6. The molecular formula is C40H39Cl2N5O8. The number of piperazine rings is 1. The molecule has 13 nitrogen and oxygen atoms in total. The first kappa shape index (κ1) is 40.5. The number of anilines is 1. The van der Waals surface area contributed by atoms with E-state index in [2.05, 4.69) is 34.1 Å². The Labute approximate surface area is 327 Å². The summed E-state index contributed by atoms with van der Waals surface area (Å²) in [6.45, 7) is 4.45. The van der Waals surface area contributed by atoms with Gasteiger partial charge >= 0.3 is 11.9 Å². The Morgan fingerprint density at radius 3 is 2.11 bits per heavy atom. The average molecular weight is 789 g/mol. The third-order valence-corrected chi connectivity index (χ3v) is 9.54. The van der Waals surface area contributed by atoms with Gasteiger partial charge in [-0.15, -0.1) is 0 Å². The number of methoxy groups -OCH3 is 1. The molecule has 2 N–H and O–H groups in total. The number of carboxylic acids is 2. The number of amides is 2. The maximum Gasteiger partial charge on any atom is 0.328 e. The van der Waals surface area contributed by atoms with Crippen molar-refractivity contribution in [1.29, 1.82) is 0 Å². The lowest BCUT2D eigenvalue weighted by Gasteiger charge is -2.34. The van der Waals surface area contributed by atoms with Crippen molar-refractivity contribution in [2.75, 3.05) is 45.2 Å². The summed E-state index contributed by atoms with van der Waals surface area (Å²) in [5.41, 5.74) is 4.99. The summed E-state index contributed by atoms with van der Waals surface area (Å²) in [5, 5.41) is 17.2. The van der Waals surface area contributed by atoms with Crippen LogP contribution in [-0.2, 0) is 34.5 Å². The second-order valence-electron chi connectivity index (χ2n) is 12.6. The van der Waals surface area contributed by atoms with E-state index < -0.39 is 11.9 Å². The van der Waals surface area contributed by atoms with E-state index >= 15 is 0 Å². The first-order valence-electron chi connectivity index (χ1n) is 17.0. The lowest BCUT2D eigenvalue weighted by molar-refractivity contribution is -0.134. The molecule has 0 saturated carbocycles. The van der Waals surface area contributed by atoms with Crippen LogP contribution < -0.4 is 9.64 Å². The number of rotatable bonds is 11. The smallest absolute Gasteiger partial charge is 0.328 e. The second-order valence-corrected chi connectivity index (χ2v) is 13.4. The second kappa shape index (κ2) is 18.5. The Morgan fingerprint density at radius 2 is 1.51 bits per heavy atom. The van der Waals surface area contributed by atoms with Gasteiger partial charge in [-0.1, -0.05) is 47.5 Å². The van der Waals surface area contributed by atoms with Gasteiger partial charge in [0.05, 0.1) is 28.5 Å². The molecule has 2 amide bonds. The summed E-state index contributed by atoms with van der Waals surface area (Å²) >= 11 is 12.1. The number of ether oxygens (including phenoxy) is 2. The predicted octanol–water partition coefficient (Wildman–Crippen LogP) is 6.77. The SMILES string of the molecule is COCc1ccc(CN2CCN(C(=O)c3cc4cc(Oc5ccc(N(C)C(=O)c6ccc(Cl)c(Cl)c6)cn5)ccc4n3C)CC2)cc1.O=C(O)/C=C\C(=O)O. The lowest BCUT2D eigenvalue weighted by Crippen LogP contribution is -2.48. The van der Waals surface area contributed by atoms with Crippen LogP contribution >= 0.6 is 23.2 Å². The predicted molar refractivity (Wildman–Crippen MR) is 209 cm³/mol. The summed E-state index contributed by atoms with van der Waals surface area (Å²) in [6, 6.07) is 24.3. The summed E-state index contributed by atoms with van der Waals surface area (Å²) in [6.07, 6.45) is 2.69. The van der Waals surface area contributed by atoms with Crippen LogP contribution in [0.2, 0.25) is 10.0 Å². The van der Waals surface area contributed by atoms with Crippen LogP contribution in [0.1, 0.15) is 32.0 Å². The number of carbonyl (C=O) groups excluding carboxylic acids is 2. The van der Waals surface area contributed by atoms with Crippen molar-refractivity contribution in [3.05, 3.63) is 130 Å². The van der Waals surface area contributed by atoms with Gasteiger partial charge < -0.3 is 34.1 Å². The van der Waals surface area contributed by atoms with Crippen molar-refractivity contribution < 1.29 is 38.9 Å². The molecule has 0 spiro atoms. The van der Waals surface area contributed by atoms with Gasteiger partial charge in [0.2, 0.25) is 5.88 Å². The average Bonchev–Trinajstić information content (AvgIpc) is 3.51. The number of halogens is 2. The molecule has 0 unspecified atom stereocenters. The highest BCUT2D eigenvalue weighted by molar-refractivity contribution is 6.42. The molecule has 6 rings (SSSR count). The minimum Gasteiger partial charge on any atom is -0.478 e. The Morgan fingerprint density at radius 1 is 0.836 bits per heavy atom. The van der Waals surface area contributed by atoms with E-state index in [9.17, 15) is 19.2 Å². The molecule has 1 aliphatic heterocycles. The van der Waals surface area contributed by atoms with Crippen LogP contribution in [0.4, 0.5) is 5.69 Å². The Bertz CT molecular complexity index is 2180. The standard InChI is InChI=1S/C36H35Cl2N5O4.C4H4O4/c1-40(35(44)26-8-11-30(37)31(38)19-26)28-9-13-34(39-21-28)47-29-10-12-32-27(18-29)20-33(41(32)2)36(45)43-16-14-42(15-17-43)22-24-4-6-25(7-5-24)23-46-3;5-3(6)1-2-4(7)8/h4-13,18-21H,14-17,22-23H2,1-3H3;1-2H,(H,5,6)(H,7,8)/b;2-1-. The maximum absolute atomic E-state index is 13.6. The number of pyridine rings is 1. The monoisotopic (exact) mass is 787 g/mol.